The van der Waals surface area contributed by atoms with Gasteiger partial charge in [0.15, 0.2) is 0 Å². The molecule has 0 saturated heterocycles. The molecule has 2 amide bonds. The van der Waals surface area contributed by atoms with Crippen molar-refractivity contribution in [2.24, 2.45) is 0 Å². The van der Waals surface area contributed by atoms with Crippen molar-refractivity contribution in [1.82, 2.24) is 10.6 Å². The number of fused-ring (bicyclic) bond motifs is 1. The predicted octanol–water partition coefficient (Wildman–Crippen LogP) is 6.13. The highest BCUT2D eigenvalue weighted by molar-refractivity contribution is 7.98. The summed E-state index contributed by atoms with van der Waals surface area (Å²) in [5.41, 5.74) is 0.254. The van der Waals surface area contributed by atoms with E-state index in [-0.39, 0.29) is 17.0 Å². The van der Waals surface area contributed by atoms with Crippen LogP contribution in [0.25, 0.3) is 16.8 Å². The van der Waals surface area contributed by atoms with E-state index in [1.807, 2.05) is 60.7 Å². The zero-order valence-corrected chi connectivity index (χ0v) is 22.3. The molecule has 10 heteroatoms. The number of thioether (sulfide) groups is 1. The Morgan fingerprint density at radius 1 is 0.854 bits per heavy atom. The Bertz CT molecular complexity index is 1570. The minimum absolute atomic E-state index is 0.0616. The van der Waals surface area contributed by atoms with Crippen molar-refractivity contribution in [1.29, 1.82) is 0 Å². The van der Waals surface area contributed by atoms with Crippen LogP contribution in [0.2, 0.25) is 0 Å². The molecule has 3 N–H and O–H groups in total. The highest BCUT2D eigenvalue weighted by Gasteiger charge is 2.30. The Hall–Kier alpha value is -4.57. The van der Waals surface area contributed by atoms with Gasteiger partial charge in [-0.05, 0) is 58.3 Å². The van der Waals surface area contributed by atoms with Crippen molar-refractivity contribution < 1.29 is 32.7 Å². The molecule has 1 atom stereocenters. The van der Waals surface area contributed by atoms with Gasteiger partial charge in [-0.1, -0.05) is 66.7 Å². The number of carbonyl (C=O) groups excluding carboxylic acids is 2. The number of carboxylic acids is 1. The molecule has 0 aliphatic heterocycles. The molecule has 4 rings (SSSR count). The lowest BCUT2D eigenvalue weighted by atomic mass is 10.1. The third-order valence-corrected chi connectivity index (χ3v) is 7.16. The number of hydrogen-bond acceptors (Lipinski definition) is 4. The van der Waals surface area contributed by atoms with Gasteiger partial charge in [-0.15, -0.1) is 0 Å². The lowest BCUT2D eigenvalue weighted by Crippen LogP contribution is -2.45. The molecule has 0 aromatic heterocycles. The molecule has 4 aromatic rings. The normalized spacial score (nSPS) is 12.5. The Labute approximate surface area is 238 Å². The fourth-order valence-electron chi connectivity index (χ4n) is 3.91. The second-order valence-electron chi connectivity index (χ2n) is 9.06. The van der Waals surface area contributed by atoms with Crippen molar-refractivity contribution in [2.75, 3.05) is 5.75 Å². The van der Waals surface area contributed by atoms with Gasteiger partial charge < -0.3 is 15.7 Å². The predicted molar refractivity (Wildman–Crippen MR) is 153 cm³/mol. The van der Waals surface area contributed by atoms with Crippen molar-refractivity contribution in [3.05, 3.63) is 125 Å². The van der Waals surface area contributed by atoms with Crippen molar-refractivity contribution in [3.8, 4) is 0 Å². The highest BCUT2D eigenvalue weighted by Crippen LogP contribution is 2.29. The van der Waals surface area contributed by atoms with Crippen LogP contribution < -0.4 is 10.6 Å². The maximum absolute atomic E-state index is 13.3. The van der Waals surface area contributed by atoms with Crippen molar-refractivity contribution in [3.63, 3.8) is 0 Å². The van der Waals surface area contributed by atoms with Crippen LogP contribution >= 0.6 is 11.8 Å². The van der Waals surface area contributed by atoms with Gasteiger partial charge in [0.2, 0.25) is 0 Å². The van der Waals surface area contributed by atoms with Gasteiger partial charge in [0.1, 0.15) is 11.7 Å². The second-order valence-corrected chi connectivity index (χ2v) is 10.1. The number of halogens is 3. The molecule has 0 radical (unpaired) electrons. The van der Waals surface area contributed by atoms with E-state index < -0.39 is 35.6 Å². The molecule has 0 aliphatic carbocycles. The standard InChI is InChI=1S/C31H25F3N2O4S/c32-31(33,34)25-14-12-23(13-15-25)28(37)35-26(17-21-10-11-22-8-4-5-9-24(22)16-21)29(38)36-27(30(39)40)19-41-18-20-6-2-1-3-7-20/h1-17,27H,18-19H2,(H,35,37)(H,36,38)(H,39,40). The molecule has 210 valence electrons. The summed E-state index contributed by atoms with van der Waals surface area (Å²) in [5.74, 6) is -2.34. The zero-order chi connectivity index (χ0) is 29.4. The van der Waals surface area contributed by atoms with Crippen LogP contribution in [0.3, 0.4) is 0 Å². The summed E-state index contributed by atoms with van der Waals surface area (Å²) < 4.78 is 38.8. The third kappa shape index (κ3) is 8.21. The average Bonchev–Trinajstić information content (AvgIpc) is 2.96. The molecule has 0 heterocycles. The number of rotatable bonds is 10. The quantitative estimate of drug-likeness (QED) is 0.197. The smallest absolute Gasteiger partial charge is 0.416 e. The van der Waals surface area contributed by atoms with Crippen LogP contribution in [-0.2, 0) is 21.5 Å². The minimum Gasteiger partial charge on any atom is -0.480 e. The van der Waals surface area contributed by atoms with Crippen LogP contribution in [-0.4, -0.2) is 34.7 Å². The van der Waals surface area contributed by atoms with E-state index in [9.17, 15) is 32.7 Å². The van der Waals surface area contributed by atoms with Crippen LogP contribution in [0.5, 0.6) is 0 Å². The van der Waals surface area contributed by atoms with Crippen LogP contribution in [0.15, 0.2) is 103 Å². The largest absolute Gasteiger partial charge is 0.480 e. The maximum Gasteiger partial charge on any atom is 0.416 e. The molecule has 0 fully saturated rings. The Morgan fingerprint density at radius 2 is 1.51 bits per heavy atom. The van der Waals surface area contributed by atoms with Gasteiger partial charge in [0.05, 0.1) is 5.56 Å². The van der Waals surface area contributed by atoms with Gasteiger partial charge >= 0.3 is 12.1 Å². The molecular formula is C31H25F3N2O4S. The topological polar surface area (TPSA) is 95.5 Å². The summed E-state index contributed by atoms with van der Waals surface area (Å²) >= 11 is 1.32. The van der Waals surface area contributed by atoms with Gasteiger partial charge in [0.25, 0.3) is 11.8 Å². The first-order valence-corrected chi connectivity index (χ1v) is 13.6. The van der Waals surface area contributed by atoms with Crippen molar-refractivity contribution in [2.45, 2.75) is 18.0 Å². The first-order valence-electron chi connectivity index (χ1n) is 12.4. The second kappa shape index (κ2) is 13.2. The number of amides is 2. The average molecular weight is 579 g/mol. The molecule has 0 spiro atoms. The summed E-state index contributed by atoms with van der Waals surface area (Å²) in [5, 5.41) is 16.5. The Kier molecular flexibility index (Phi) is 9.46. The molecule has 0 saturated carbocycles. The number of benzene rings is 4. The number of nitrogens with one attached hydrogen (secondary N) is 2. The fourth-order valence-corrected chi connectivity index (χ4v) is 4.91. The number of carbonyl (C=O) groups is 3. The van der Waals surface area contributed by atoms with E-state index >= 15 is 0 Å². The Balaban J connectivity index is 1.56. The first-order chi connectivity index (χ1) is 19.6. The molecule has 0 bridgehead atoms. The highest BCUT2D eigenvalue weighted by atomic mass is 32.2. The maximum atomic E-state index is 13.3. The number of aliphatic carboxylic acids is 1. The van der Waals surface area contributed by atoms with E-state index in [4.69, 9.17) is 0 Å². The molecule has 6 nitrogen and oxygen atoms in total. The van der Waals surface area contributed by atoms with E-state index in [0.29, 0.717) is 11.3 Å². The van der Waals surface area contributed by atoms with Crippen LogP contribution in [0.1, 0.15) is 27.0 Å². The Morgan fingerprint density at radius 3 is 2.17 bits per heavy atom. The van der Waals surface area contributed by atoms with Gasteiger partial charge in [-0.25, -0.2) is 4.79 Å². The minimum atomic E-state index is -4.57. The van der Waals surface area contributed by atoms with Gasteiger partial charge in [-0.3, -0.25) is 9.59 Å². The molecule has 0 aliphatic rings. The van der Waals surface area contributed by atoms with E-state index in [0.717, 1.165) is 40.6 Å². The first kappa shape index (κ1) is 29.4. The number of carboxylic acid groups (broad SMARTS) is 1. The van der Waals surface area contributed by atoms with Crippen molar-refractivity contribution >= 4 is 46.4 Å². The van der Waals surface area contributed by atoms with Gasteiger partial charge in [-0.2, -0.15) is 24.9 Å². The molecule has 1 unspecified atom stereocenters. The SMILES string of the molecule is O=C(NC(CSCc1ccccc1)C(=O)O)C(=Cc1ccc2ccccc2c1)NC(=O)c1ccc(C(F)(F)F)cc1. The summed E-state index contributed by atoms with van der Waals surface area (Å²) in [7, 11) is 0. The lowest BCUT2D eigenvalue weighted by Gasteiger charge is -2.17. The summed E-state index contributed by atoms with van der Waals surface area (Å²) in [6.07, 6.45) is -3.18. The molecular weight excluding hydrogens is 553 g/mol. The summed E-state index contributed by atoms with van der Waals surface area (Å²) in [6, 6.07) is 24.6. The van der Waals surface area contributed by atoms with E-state index in [1.165, 1.54) is 17.8 Å². The van der Waals surface area contributed by atoms with Crippen LogP contribution in [0.4, 0.5) is 13.2 Å². The van der Waals surface area contributed by atoms with E-state index in [1.54, 1.807) is 12.1 Å². The fraction of sp³-hybridized carbons (Fsp3) is 0.129. The van der Waals surface area contributed by atoms with E-state index in [2.05, 4.69) is 10.6 Å². The van der Waals surface area contributed by atoms with Crippen LogP contribution in [0, 0.1) is 0 Å². The summed E-state index contributed by atoms with van der Waals surface area (Å²) in [6.45, 7) is 0. The molecule has 4 aromatic carbocycles. The molecule has 41 heavy (non-hydrogen) atoms. The third-order valence-electron chi connectivity index (χ3n) is 6.05. The zero-order valence-electron chi connectivity index (χ0n) is 21.5. The van der Waals surface area contributed by atoms with Gasteiger partial charge in [0, 0.05) is 17.1 Å². The number of alkyl halides is 3. The number of hydrogen-bond donors (Lipinski definition) is 3. The lowest BCUT2D eigenvalue weighted by molar-refractivity contribution is -0.140. The monoisotopic (exact) mass is 578 g/mol. The summed E-state index contributed by atoms with van der Waals surface area (Å²) in [4.78, 5) is 38.2.